The molecule has 0 saturated carbocycles. The Labute approximate surface area is 99.8 Å². The van der Waals surface area contributed by atoms with Crippen LogP contribution in [0.5, 0.6) is 11.5 Å². The Bertz CT molecular complexity index is 441. The number of halogens is 1. The summed E-state index contributed by atoms with van der Waals surface area (Å²) in [6.07, 6.45) is 0. The Balaban J connectivity index is 0.000000165. The smallest absolute Gasteiger partial charge is 0.115 e. The van der Waals surface area contributed by atoms with Crippen molar-refractivity contribution in [3.05, 3.63) is 59.1 Å². The van der Waals surface area contributed by atoms with Gasteiger partial charge in [0.15, 0.2) is 0 Å². The van der Waals surface area contributed by atoms with Crippen LogP contribution in [0.15, 0.2) is 48.5 Å². The van der Waals surface area contributed by atoms with Crippen molar-refractivity contribution in [1.29, 1.82) is 0 Å². The summed E-state index contributed by atoms with van der Waals surface area (Å²) in [7, 11) is 0. The molecule has 3 heteroatoms. The maximum Gasteiger partial charge on any atom is 0.115 e. The first kappa shape index (κ1) is 12.4. The first-order valence-corrected chi connectivity index (χ1v) is 5.16. The van der Waals surface area contributed by atoms with Crippen molar-refractivity contribution in [3.63, 3.8) is 0 Å². The predicted molar refractivity (Wildman–Crippen MR) is 66.0 cm³/mol. The van der Waals surface area contributed by atoms with E-state index in [0.717, 1.165) is 5.56 Å². The van der Waals surface area contributed by atoms with Gasteiger partial charge >= 0.3 is 0 Å². The Hall–Kier alpha value is -1.67. The lowest BCUT2D eigenvalue weighted by Crippen LogP contribution is -1.71. The average molecular weight is 237 g/mol. The van der Waals surface area contributed by atoms with Gasteiger partial charge in [-0.15, -0.1) is 0 Å². The van der Waals surface area contributed by atoms with Gasteiger partial charge in [0.25, 0.3) is 0 Å². The molecule has 0 unspecified atom stereocenters. The zero-order chi connectivity index (χ0) is 12.0. The number of aryl methyl sites for hydroxylation is 1. The molecule has 0 radical (unpaired) electrons. The number of hydrogen-bond acceptors (Lipinski definition) is 2. The molecule has 2 N–H and O–H groups in total. The first-order valence-electron chi connectivity index (χ1n) is 4.78. The van der Waals surface area contributed by atoms with E-state index in [4.69, 9.17) is 21.8 Å². The van der Waals surface area contributed by atoms with Crippen molar-refractivity contribution in [2.24, 2.45) is 0 Å². The molecule has 2 nitrogen and oxygen atoms in total. The SMILES string of the molecule is Cc1cc(O)ccc1Cl.Oc1ccccc1. The highest BCUT2D eigenvalue weighted by Crippen LogP contribution is 2.19. The third kappa shape index (κ3) is 4.24. The Morgan fingerprint density at radius 3 is 1.88 bits per heavy atom. The molecule has 0 aliphatic heterocycles. The van der Waals surface area contributed by atoms with Crippen LogP contribution in [0.3, 0.4) is 0 Å². The number of hydrogen-bond donors (Lipinski definition) is 2. The van der Waals surface area contributed by atoms with Crippen LogP contribution in [0.1, 0.15) is 5.56 Å². The topological polar surface area (TPSA) is 40.5 Å². The lowest BCUT2D eigenvalue weighted by Gasteiger charge is -1.95. The summed E-state index contributed by atoms with van der Waals surface area (Å²) < 4.78 is 0. The van der Waals surface area contributed by atoms with Gasteiger partial charge in [-0.05, 0) is 42.8 Å². The van der Waals surface area contributed by atoms with Crippen LogP contribution in [0, 0.1) is 6.92 Å². The van der Waals surface area contributed by atoms with Crippen LogP contribution < -0.4 is 0 Å². The van der Waals surface area contributed by atoms with Crippen LogP contribution in [0.2, 0.25) is 5.02 Å². The number of phenolic OH excluding ortho intramolecular Hbond substituents is 2. The summed E-state index contributed by atoms with van der Waals surface area (Å²) in [5, 5.41) is 18.2. The minimum atomic E-state index is 0.261. The second-order valence-corrected chi connectivity index (χ2v) is 3.68. The molecular formula is C13H13ClO2. The molecule has 0 saturated heterocycles. The van der Waals surface area contributed by atoms with Crippen LogP contribution >= 0.6 is 11.6 Å². The lowest BCUT2D eigenvalue weighted by molar-refractivity contribution is 0.474. The predicted octanol–water partition coefficient (Wildman–Crippen LogP) is 3.75. The largest absolute Gasteiger partial charge is 0.508 e. The third-order valence-corrected chi connectivity index (χ3v) is 2.32. The fraction of sp³-hybridized carbons (Fsp3) is 0.0769. The van der Waals surface area contributed by atoms with Gasteiger partial charge in [0, 0.05) is 5.02 Å². The molecule has 0 atom stereocenters. The monoisotopic (exact) mass is 236 g/mol. The molecule has 0 bridgehead atoms. The van der Waals surface area contributed by atoms with E-state index < -0.39 is 0 Å². The summed E-state index contributed by atoms with van der Waals surface area (Å²) in [5.41, 5.74) is 0.900. The van der Waals surface area contributed by atoms with Crippen LogP contribution in [-0.4, -0.2) is 10.2 Å². The number of phenols is 2. The van der Waals surface area contributed by atoms with Crippen LogP contribution in [0.25, 0.3) is 0 Å². The number of rotatable bonds is 0. The summed E-state index contributed by atoms with van der Waals surface area (Å²) in [6, 6.07) is 13.6. The summed E-state index contributed by atoms with van der Waals surface area (Å²) in [5.74, 6) is 0.583. The van der Waals surface area contributed by atoms with Crippen LogP contribution in [-0.2, 0) is 0 Å². The number of aromatic hydroxyl groups is 2. The van der Waals surface area contributed by atoms with E-state index in [-0.39, 0.29) is 5.75 Å². The lowest BCUT2D eigenvalue weighted by atomic mass is 10.2. The second kappa shape index (κ2) is 6.03. The standard InChI is InChI=1S/C7H7ClO.C6H6O/c1-5-4-6(9)2-3-7(5)8;7-6-4-2-1-3-5-6/h2-4,9H,1H3;1-5,7H. The van der Waals surface area contributed by atoms with E-state index in [1.807, 2.05) is 13.0 Å². The zero-order valence-electron chi connectivity index (χ0n) is 8.89. The molecule has 84 valence electrons. The van der Waals surface area contributed by atoms with E-state index in [1.54, 1.807) is 42.5 Å². The van der Waals surface area contributed by atoms with Crippen molar-refractivity contribution < 1.29 is 10.2 Å². The van der Waals surface area contributed by atoms with Crippen molar-refractivity contribution in [2.75, 3.05) is 0 Å². The first-order chi connectivity index (χ1) is 7.59. The summed E-state index contributed by atoms with van der Waals surface area (Å²) in [6.45, 7) is 1.85. The molecule has 0 heterocycles. The molecule has 0 aliphatic rings. The molecule has 0 spiro atoms. The van der Waals surface area contributed by atoms with Gasteiger partial charge in [0.2, 0.25) is 0 Å². The van der Waals surface area contributed by atoms with Gasteiger partial charge in [0.05, 0.1) is 0 Å². The maximum absolute atomic E-state index is 8.88. The zero-order valence-corrected chi connectivity index (χ0v) is 9.65. The van der Waals surface area contributed by atoms with Crippen molar-refractivity contribution >= 4 is 11.6 Å². The minimum Gasteiger partial charge on any atom is -0.508 e. The van der Waals surface area contributed by atoms with E-state index >= 15 is 0 Å². The van der Waals surface area contributed by atoms with Gasteiger partial charge in [-0.2, -0.15) is 0 Å². The fourth-order valence-electron chi connectivity index (χ4n) is 1.06. The molecule has 2 aromatic carbocycles. The average Bonchev–Trinajstić information content (AvgIpc) is 2.26. The Kier molecular flexibility index (Phi) is 4.67. The van der Waals surface area contributed by atoms with Crippen molar-refractivity contribution in [1.82, 2.24) is 0 Å². The van der Waals surface area contributed by atoms with E-state index in [9.17, 15) is 0 Å². The molecule has 0 aromatic heterocycles. The van der Waals surface area contributed by atoms with Crippen molar-refractivity contribution in [3.8, 4) is 11.5 Å². The maximum atomic E-state index is 8.88. The number of benzene rings is 2. The normalized spacial score (nSPS) is 9.12. The highest BCUT2D eigenvalue weighted by Gasteiger charge is 1.93. The van der Waals surface area contributed by atoms with E-state index in [0.29, 0.717) is 10.8 Å². The second-order valence-electron chi connectivity index (χ2n) is 3.27. The van der Waals surface area contributed by atoms with E-state index in [1.165, 1.54) is 0 Å². The van der Waals surface area contributed by atoms with Gasteiger partial charge in [-0.1, -0.05) is 29.8 Å². The van der Waals surface area contributed by atoms with Crippen molar-refractivity contribution in [2.45, 2.75) is 6.92 Å². The molecule has 2 rings (SSSR count). The van der Waals surface area contributed by atoms with Gasteiger partial charge < -0.3 is 10.2 Å². The van der Waals surface area contributed by atoms with Gasteiger partial charge in [0.1, 0.15) is 11.5 Å². The highest BCUT2D eigenvalue weighted by molar-refractivity contribution is 6.31. The fourth-order valence-corrected chi connectivity index (χ4v) is 1.17. The molecular weight excluding hydrogens is 224 g/mol. The quantitative estimate of drug-likeness (QED) is 0.732. The molecule has 0 fully saturated rings. The van der Waals surface area contributed by atoms with E-state index in [2.05, 4.69) is 0 Å². The highest BCUT2D eigenvalue weighted by atomic mass is 35.5. The van der Waals surface area contributed by atoms with Crippen LogP contribution in [0.4, 0.5) is 0 Å². The third-order valence-electron chi connectivity index (χ3n) is 1.90. The Morgan fingerprint density at radius 1 is 0.875 bits per heavy atom. The molecule has 0 aliphatic carbocycles. The molecule has 16 heavy (non-hydrogen) atoms. The summed E-state index contributed by atoms with van der Waals surface area (Å²) >= 11 is 5.67. The number of para-hydroxylation sites is 1. The van der Waals surface area contributed by atoms with Gasteiger partial charge in [-0.3, -0.25) is 0 Å². The summed E-state index contributed by atoms with van der Waals surface area (Å²) in [4.78, 5) is 0. The molecule has 2 aromatic rings. The minimum absolute atomic E-state index is 0.261. The van der Waals surface area contributed by atoms with Gasteiger partial charge in [-0.25, -0.2) is 0 Å². The Morgan fingerprint density at radius 2 is 1.50 bits per heavy atom. The molecule has 0 amide bonds.